The lowest BCUT2D eigenvalue weighted by Crippen LogP contribution is -2.35. The smallest absolute Gasteiger partial charge is 0.288 e. The van der Waals surface area contributed by atoms with Crippen LogP contribution in [0.4, 0.5) is 19.1 Å². The molecular weight excluding hydrogens is 367 g/mol. The molecule has 0 aliphatic heterocycles. The third-order valence-electron chi connectivity index (χ3n) is 4.64. The Morgan fingerprint density at radius 2 is 1.81 bits per heavy atom. The molecule has 1 N–H and O–H groups in total. The Hall–Kier alpha value is -2.79. The van der Waals surface area contributed by atoms with Gasteiger partial charge in [-0.2, -0.15) is 18.3 Å². The molecule has 9 nitrogen and oxygen atoms in total. The van der Waals surface area contributed by atoms with Crippen molar-refractivity contribution in [1.29, 1.82) is 0 Å². The number of halogens is 3. The first-order valence-corrected chi connectivity index (χ1v) is 8.42. The van der Waals surface area contributed by atoms with Gasteiger partial charge in [0.1, 0.15) is 0 Å². The third-order valence-corrected chi connectivity index (χ3v) is 4.64. The van der Waals surface area contributed by atoms with Crippen molar-refractivity contribution in [2.45, 2.75) is 44.2 Å². The Balaban J connectivity index is 2.15. The molecule has 0 spiro atoms. The zero-order valence-corrected chi connectivity index (χ0v) is 14.7. The SMILES string of the molecule is Cn1nnnc1NC(=O)c1nn(C)c(=O)c(C2CCCCC2)c1C(F)(F)F. The van der Waals surface area contributed by atoms with Gasteiger partial charge in [0.05, 0.1) is 5.56 Å². The minimum absolute atomic E-state index is 0.136. The van der Waals surface area contributed by atoms with Crippen LogP contribution in [0.25, 0.3) is 0 Å². The summed E-state index contributed by atoms with van der Waals surface area (Å²) in [6.07, 6.45) is -1.58. The summed E-state index contributed by atoms with van der Waals surface area (Å²) in [7, 11) is 2.65. The van der Waals surface area contributed by atoms with Crippen molar-refractivity contribution < 1.29 is 18.0 Å². The van der Waals surface area contributed by atoms with Crippen LogP contribution in [0.1, 0.15) is 59.6 Å². The molecule has 0 unspecified atom stereocenters. The number of aryl methyl sites for hydroxylation is 2. The van der Waals surface area contributed by atoms with Crippen molar-refractivity contribution in [3.8, 4) is 0 Å². The van der Waals surface area contributed by atoms with Crippen LogP contribution in [0.2, 0.25) is 0 Å². The molecule has 1 aliphatic rings. The van der Waals surface area contributed by atoms with Crippen LogP contribution in [0.5, 0.6) is 0 Å². The predicted octanol–water partition coefficient (Wildman–Crippen LogP) is 1.62. The Kier molecular flexibility index (Phi) is 4.98. The van der Waals surface area contributed by atoms with E-state index in [2.05, 4.69) is 25.9 Å². The van der Waals surface area contributed by atoms with E-state index < -0.39 is 34.8 Å². The normalized spacial score (nSPS) is 15.7. The van der Waals surface area contributed by atoms with E-state index in [-0.39, 0.29) is 11.5 Å². The van der Waals surface area contributed by atoms with Gasteiger partial charge in [-0.05, 0) is 29.2 Å². The van der Waals surface area contributed by atoms with E-state index in [9.17, 15) is 22.8 Å². The fraction of sp³-hybridized carbons (Fsp3) is 0.600. The highest BCUT2D eigenvalue weighted by Gasteiger charge is 2.43. The molecule has 1 amide bonds. The van der Waals surface area contributed by atoms with Gasteiger partial charge in [-0.1, -0.05) is 24.4 Å². The molecule has 2 heterocycles. The Bertz CT molecular complexity index is 913. The molecule has 12 heteroatoms. The predicted molar refractivity (Wildman–Crippen MR) is 87.1 cm³/mol. The summed E-state index contributed by atoms with van der Waals surface area (Å²) >= 11 is 0. The van der Waals surface area contributed by atoms with Crippen molar-refractivity contribution in [1.82, 2.24) is 30.0 Å². The second-order valence-corrected chi connectivity index (χ2v) is 6.48. The van der Waals surface area contributed by atoms with Crippen LogP contribution in [-0.4, -0.2) is 35.9 Å². The van der Waals surface area contributed by atoms with Gasteiger partial charge < -0.3 is 0 Å². The molecule has 2 aromatic rings. The monoisotopic (exact) mass is 385 g/mol. The Labute approximate surface area is 151 Å². The standard InChI is InChI=1S/C15H18F3N7O2/c1-24-13(27)9(8-6-4-3-5-7-8)10(15(16,17)18)11(21-24)12(26)19-14-20-22-23-25(14)2/h8H,3-7H2,1-2H3,(H,19,20,23,26). The lowest BCUT2D eigenvalue weighted by molar-refractivity contribution is -0.139. The first kappa shape index (κ1) is 19.0. The van der Waals surface area contributed by atoms with E-state index >= 15 is 0 Å². The van der Waals surface area contributed by atoms with Crippen molar-refractivity contribution in [3.63, 3.8) is 0 Å². The number of amides is 1. The Morgan fingerprint density at radius 1 is 1.15 bits per heavy atom. The van der Waals surface area contributed by atoms with Crippen LogP contribution in [-0.2, 0) is 20.3 Å². The fourth-order valence-corrected chi connectivity index (χ4v) is 3.37. The molecule has 0 aromatic carbocycles. The lowest BCUT2D eigenvalue weighted by atomic mass is 9.82. The van der Waals surface area contributed by atoms with E-state index in [1.54, 1.807) is 0 Å². The summed E-state index contributed by atoms with van der Waals surface area (Å²) in [6.45, 7) is 0. The van der Waals surface area contributed by atoms with E-state index in [4.69, 9.17) is 0 Å². The summed E-state index contributed by atoms with van der Waals surface area (Å²) < 4.78 is 43.5. The number of hydrogen-bond acceptors (Lipinski definition) is 6. The first-order chi connectivity index (χ1) is 12.7. The van der Waals surface area contributed by atoms with Crippen molar-refractivity contribution in [3.05, 3.63) is 27.2 Å². The quantitative estimate of drug-likeness (QED) is 0.860. The number of aromatic nitrogens is 6. The van der Waals surface area contributed by atoms with E-state index in [0.717, 1.165) is 28.6 Å². The average Bonchev–Trinajstić information content (AvgIpc) is 3.01. The van der Waals surface area contributed by atoms with Gasteiger partial charge in [0.2, 0.25) is 5.95 Å². The van der Waals surface area contributed by atoms with E-state index in [0.29, 0.717) is 12.8 Å². The summed E-state index contributed by atoms with van der Waals surface area (Å²) in [5, 5.41) is 16.1. The second-order valence-electron chi connectivity index (χ2n) is 6.48. The van der Waals surface area contributed by atoms with Gasteiger partial charge in [0.25, 0.3) is 11.5 Å². The van der Waals surface area contributed by atoms with Crippen LogP contribution in [0.3, 0.4) is 0 Å². The number of hydrogen-bond donors (Lipinski definition) is 1. The highest BCUT2D eigenvalue weighted by Crippen LogP contribution is 2.40. The highest BCUT2D eigenvalue weighted by atomic mass is 19.4. The molecule has 3 rings (SSSR count). The van der Waals surface area contributed by atoms with E-state index in [1.807, 2.05) is 0 Å². The van der Waals surface area contributed by atoms with Gasteiger partial charge in [0, 0.05) is 19.7 Å². The molecule has 27 heavy (non-hydrogen) atoms. The summed E-state index contributed by atoms with van der Waals surface area (Å²) in [6, 6.07) is 0. The number of nitrogens with one attached hydrogen (secondary N) is 1. The Morgan fingerprint density at radius 3 is 2.37 bits per heavy atom. The molecule has 146 valence electrons. The molecule has 0 atom stereocenters. The number of carbonyl (C=O) groups excluding carboxylic acids is 1. The lowest BCUT2D eigenvalue weighted by Gasteiger charge is -2.25. The highest BCUT2D eigenvalue weighted by molar-refractivity contribution is 6.03. The topological polar surface area (TPSA) is 108 Å². The van der Waals surface area contributed by atoms with Crippen LogP contribution < -0.4 is 10.9 Å². The van der Waals surface area contributed by atoms with Gasteiger partial charge in [-0.25, -0.2) is 9.36 Å². The van der Waals surface area contributed by atoms with Gasteiger partial charge in [-0.15, -0.1) is 0 Å². The number of tetrazole rings is 1. The molecule has 2 aromatic heterocycles. The minimum atomic E-state index is -4.90. The average molecular weight is 385 g/mol. The third kappa shape index (κ3) is 3.69. The molecule has 0 saturated heterocycles. The van der Waals surface area contributed by atoms with Crippen LogP contribution in [0.15, 0.2) is 4.79 Å². The van der Waals surface area contributed by atoms with Crippen molar-refractivity contribution in [2.75, 3.05) is 5.32 Å². The molecule has 1 aliphatic carbocycles. The maximum atomic E-state index is 13.9. The van der Waals surface area contributed by atoms with Crippen LogP contribution in [0, 0.1) is 0 Å². The molecule has 1 saturated carbocycles. The summed E-state index contributed by atoms with van der Waals surface area (Å²) in [5.41, 5.74) is -3.36. The maximum absolute atomic E-state index is 13.9. The van der Waals surface area contributed by atoms with Crippen LogP contribution >= 0.6 is 0 Å². The fourth-order valence-electron chi connectivity index (χ4n) is 3.37. The zero-order chi connectivity index (χ0) is 19.8. The second kappa shape index (κ2) is 7.08. The number of rotatable bonds is 3. The largest absolute Gasteiger partial charge is 0.419 e. The maximum Gasteiger partial charge on any atom is 0.419 e. The number of carbonyl (C=O) groups is 1. The van der Waals surface area contributed by atoms with E-state index in [1.165, 1.54) is 14.1 Å². The minimum Gasteiger partial charge on any atom is -0.288 e. The van der Waals surface area contributed by atoms with Gasteiger partial charge in [-0.3, -0.25) is 14.9 Å². The van der Waals surface area contributed by atoms with Crippen molar-refractivity contribution in [2.24, 2.45) is 14.1 Å². The number of nitrogens with zero attached hydrogens (tertiary/aromatic N) is 6. The van der Waals surface area contributed by atoms with Gasteiger partial charge in [0.15, 0.2) is 5.69 Å². The number of alkyl halides is 3. The summed E-state index contributed by atoms with van der Waals surface area (Å²) in [5.74, 6) is -1.82. The first-order valence-electron chi connectivity index (χ1n) is 8.42. The molecule has 1 fully saturated rings. The zero-order valence-electron chi connectivity index (χ0n) is 14.7. The van der Waals surface area contributed by atoms with Crippen molar-refractivity contribution >= 4 is 11.9 Å². The van der Waals surface area contributed by atoms with Gasteiger partial charge >= 0.3 is 6.18 Å². The summed E-state index contributed by atoms with van der Waals surface area (Å²) in [4.78, 5) is 25.0. The molecular formula is C15H18F3N7O2. The molecule has 0 radical (unpaired) electrons. The number of anilines is 1. The molecule has 0 bridgehead atoms.